The zero-order chi connectivity index (χ0) is 22.6. The second-order valence-electron chi connectivity index (χ2n) is 8.27. The molecule has 0 bridgehead atoms. The van der Waals surface area contributed by atoms with Crippen molar-refractivity contribution in [2.45, 2.75) is 39.3 Å². The second kappa shape index (κ2) is 9.19. The van der Waals surface area contributed by atoms with Crippen LogP contribution in [0.15, 0.2) is 36.4 Å². The first-order chi connectivity index (χ1) is 13.9. The minimum absolute atomic E-state index is 0.109. The molecular formula is C21H26FN3O5. The molecule has 0 fully saturated rings. The number of rotatable bonds is 7. The summed E-state index contributed by atoms with van der Waals surface area (Å²) in [6.45, 7) is 5.10. The highest BCUT2D eigenvalue weighted by Gasteiger charge is 2.37. The lowest BCUT2D eigenvalue weighted by Crippen LogP contribution is -2.56. The van der Waals surface area contributed by atoms with Crippen molar-refractivity contribution in [2.75, 3.05) is 0 Å². The van der Waals surface area contributed by atoms with Crippen LogP contribution < -0.4 is 16.5 Å². The Hall–Kier alpha value is -3.04. The van der Waals surface area contributed by atoms with Crippen LogP contribution in [0, 0.1) is 17.2 Å². The molecule has 0 aromatic heterocycles. The molecule has 0 saturated carbocycles. The van der Waals surface area contributed by atoms with E-state index in [4.69, 9.17) is 10.9 Å². The topological polar surface area (TPSA) is 142 Å². The van der Waals surface area contributed by atoms with Gasteiger partial charge in [-0.25, -0.2) is 9.87 Å². The average Bonchev–Trinajstić information content (AvgIpc) is 2.67. The van der Waals surface area contributed by atoms with Crippen LogP contribution in [-0.4, -0.2) is 40.2 Å². The smallest absolute Gasteiger partial charge is 0.272 e. The number of fused-ring (bicyclic) bond motifs is 1. The summed E-state index contributed by atoms with van der Waals surface area (Å²) in [5.41, 5.74) is 6.54. The van der Waals surface area contributed by atoms with Crippen molar-refractivity contribution in [1.82, 2.24) is 10.8 Å². The van der Waals surface area contributed by atoms with E-state index in [1.54, 1.807) is 45.0 Å². The van der Waals surface area contributed by atoms with Crippen molar-refractivity contribution in [1.29, 1.82) is 0 Å². The van der Waals surface area contributed by atoms with Gasteiger partial charge in [0.1, 0.15) is 18.0 Å². The van der Waals surface area contributed by atoms with Crippen LogP contribution in [-0.2, 0) is 20.8 Å². The lowest BCUT2D eigenvalue weighted by atomic mass is 9.85. The van der Waals surface area contributed by atoms with E-state index >= 15 is 0 Å². The van der Waals surface area contributed by atoms with Gasteiger partial charge in [-0.2, -0.15) is 0 Å². The number of benzene rings is 2. The summed E-state index contributed by atoms with van der Waals surface area (Å²) in [7, 11) is 0. The van der Waals surface area contributed by atoms with Crippen LogP contribution in [0.3, 0.4) is 0 Å². The average molecular weight is 419 g/mol. The minimum Gasteiger partial charge on any atom is -0.382 e. The highest BCUT2D eigenvalue weighted by molar-refractivity contribution is 5.92. The number of primary amides is 1. The van der Waals surface area contributed by atoms with Crippen molar-refractivity contribution in [3.05, 3.63) is 47.8 Å². The predicted octanol–water partition coefficient (Wildman–Crippen LogP) is 1.02. The first-order valence-electron chi connectivity index (χ1n) is 9.34. The normalized spacial score (nSPS) is 14.6. The maximum atomic E-state index is 13.5. The van der Waals surface area contributed by atoms with E-state index in [-0.39, 0.29) is 6.42 Å². The van der Waals surface area contributed by atoms with Gasteiger partial charge in [0.05, 0.1) is 5.92 Å². The van der Waals surface area contributed by atoms with Gasteiger partial charge in [0.25, 0.3) is 5.91 Å². The molecule has 0 heterocycles. The predicted molar refractivity (Wildman–Crippen MR) is 108 cm³/mol. The zero-order valence-corrected chi connectivity index (χ0v) is 17.0. The van der Waals surface area contributed by atoms with Gasteiger partial charge in [-0.1, -0.05) is 45.0 Å². The molecule has 0 radical (unpaired) electrons. The molecule has 9 heteroatoms. The van der Waals surface area contributed by atoms with Crippen molar-refractivity contribution in [2.24, 2.45) is 17.1 Å². The summed E-state index contributed by atoms with van der Waals surface area (Å²) >= 11 is 0. The van der Waals surface area contributed by atoms with Gasteiger partial charge >= 0.3 is 0 Å². The molecule has 6 N–H and O–H groups in total. The van der Waals surface area contributed by atoms with E-state index in [0.717, 1.165) is 5.39 Å². The van der Waals surface area contributed by atoms with E-state index in [2.05, 4.69) is 5.32 Å². The Morgan fingerprint density at radius 1 is 1.07 bits per heavy atom. The highest BCUT2D eigenvalue weighted by atomic mass is 19.1. The maximum absolute atomic E-state index is 13.5. The first-order valence-corrected chi connectivity index (χ1v) is 9.34. The molecule has 30 heavy (non-hydrogen) atoms. The van der Waals surface area contributed by atoms with E-state index in [9.17, 15) is 23.9 Å². The third-order valence-corrected chi connectivity index (χ3v) is 4.86. The van der Waals surface area contributed by atoms with Crippen molar-refractivity contribution in [3.63, 3.8) is 0 Å². The number of aliphatic hydroxyl groups is 1. The van der Waals surface area contributed by atoms with Gasteiger partial charge in [-0.3, -0.25) is 19.6 Å². The number of hydrogen-bond donors (Lipinski definition) is 5. The van der Waals surface area contributed by atoms with E-state index < -0.39 is 47.0 Å². The molecule has 3 amide bonds. The molecule has 0 spiro atoms. The van der Waals surface area contributed by atoms with E-state index in [1.807, 2.05) is 0 Å². The van der Waals surface area contributed by atoms with E-state index in [1.165, 1.54) is 17.6 Å². The number of amides is 3. The fraction of sp³-hybridized carbons (Fsp3) is 0.381. The summed E-state index contributed by atoms with van der Waals surface area (Å²) in [5, 5.41) is 23.0. The lowest BCUT2D eigenvalue weighted by Gasteiger charge is -2.31. The Morgan fingerprint density at radius 2 is 1.70 bits per heavy atom. The Balaban J connectivity index is 2.36. The van der Waals surface area contributed by atoms with Crippen molar-refractivity contribution < 1.29 is 29.1 Å². The van der Waals surface area contributed by atoms with Crippen molar-refractivity contribution in [3.8, 4) is 0 Å². The molecule has 8 nitrogen and oxygen atoms in total. The van der Waals surface area contributed by atoms with Crippen LogP contribution >= 0.6 is 0 Å². The van der Waals surface area contributed by atoms with Crippen LogP contribution in [0.5, 0.6) is 0 Å². The number of halogens is 1. The number of carbonyl (C=O) groups excluding carboxylic acids is 3. The summed E-state index contributed by atoms with van der Waals surface area (Å²) < 4.78 is 13.5. The molecular weight excluding hydrogens is 393 g/mol. The second-order valence-corrected chi connectivity index (χ2v) is 8.27. The number of hydrogen-bond acceptors (Lipinski definition) is 5. The van der Waals surface area contributed by atoms with Crippen molar-refractivity contribution >= 4 is 28.5 Å². The molecule has 3 atom stereocenters. The quantitative estimate of drug-likeness (QED) is 0.336. The number of aliphatic hydroxyl groups excluding tert-OH is 1. The Kier molecular flexibility index (Phi) is 7.12. The Bertz CT molecular complexity index is 957. The summed E-state index contributed by atoms with van der Waals surface area (Å²) in [5.74, 6) is -4.50. The molecule has 0 aliphatic rings. The zero-order valence-electron chi connectivity index (χ0n) is 17.0. The molecule has 0 aliphatic heterocycles. The minimum atomic E-state index is -1.90. The van der Waals surface area contributed by atoms with Gasteiger partial charge in [0.2, 0.25) is 11.8 Å². The standard InChI is InChI=1S/C21H26FN3O5/c1-21(2,3)17(18(23)27)24-19(28)15(16(26)20(29)25-30)9-11-4-5-12-6-7-14(22)10-13(12)8-11/h4-8,10,15-17,26,30H,9H2,1-3H3,(H2,23,27)(H,24,28)(H,25,29)/t15-,16+,17-/m1/s1. The van der Waals surface area contributed by atoms with Gasteiger partial charge < -0.3 is 16.2 Å². The molecule has 2 aromatic rings. The first kappa shape index (κ1) is 23.2. The Labute approximate surface area is 173 Å². The number of carbonyl (C=O) groups is 3. The number of hydroxylamine groups is 1. The molecule has 0 aliphatic carbocycles. The SMILES string of the molecule is CC(C)(C)[C@H](NC(=O)[C@H](Cc1ccc2ccc(F)cc2c1)[C@H](O)C(=O)NO)C(N)=O. The maximum Gasteiger partial charge on any atom is 0.272 e. The monoisotopic (exact) mass is 419 g/mol. The van der Waals surface area contributed by atoms with Gasteiger partial charge in [-0.05, 0) is 40.3 Å². The molecule has 0 unspecified atom stereocenters. The van der Waals surface area contributed by atoms with Gasteiger partial charge in [0.15, 0.2) is 0 Å². The van der Waals surface area contributed by atoms with Gasteiger partial charge in [0, 0.05) is 0 Å². The van der Waals surface area contributed by atoms with Crippen LogP contribution in [0.4, 0.5) is 4.39 Å². The lowest BCUT2D eigenvalue weighted by molar-refractivity contribution is -0.146. The summed E-state index contributed by atoms with van der Waals surface area (Å²) in [6, 6.07) is 8.24. The van der Waals surface area contributed by atoms with Crippen LogP contribution in [0.2, 0.25) is 0 Å². The molecule has 0 saturated heterocycles. The summed E-state index contributed by atoms with van der Waals surface area (Å²) in [4.78, 5) is 36.5. The molecule has 2 aromatic carbocycles. The van der Waals surface area contributed by atoms with Crippen LogP contribution in [0.1, 0.15) is 26.3 Å². The summed E-state index contributed by atoms with van der Waals surface area (Å²) in [6.07, 6.45) is -2.01. The van der Waals surface area contributed by atoms with Crippen LogP contribution in [0.25, 0.3) is 10.8 Å². The number of nitrogens with two attached hydrogens (primary N) is 1. The van der Waals surface area contributed by atoms with Gasteiger partial charge in [-0.15, -0.1) is 0 Å². The fourth-order valence-corrected chi connectivity index (χ4v) is 3.21. The largest absolute Gasteiger partial charge is 0.382 e. The molecule has 2 rings (SSSR count). The molecule has 162 valence electrons. The third-order valence-electron chi connectivity index (χ3n) is 4.86. The number of nitrogens with one attached hydrogen (secondary N) is 2. The van der Waals surface area contributed by atoms with E-state index in [0.29, 0.717) is 10.9 Å². The Morgan fingerprint density at radius 3 is 2.27 bits per heavy atom. The fourth-order valence-electron chi connectivity index (χ4n) is 3.21. The highest BCUT2D eigenvalue weighted by Crippen LogP contribution is 2.23. The third kappa shape index (κ3) is 5.52.